The highest BCUT2D eigenvalue weighted by Crippen LogP contribution is 2.23. The van der Waals surface area contributed by atoms with Crippen LogP contribution in [0.3, 0.4) is 0 Å². The highest BCUT2D eigenvalue weighted by molar-refractivity contribution is 7.89. The first kappa shape index (κ1) is 21.2. The number of halogens is 2. The molecule has 1 saturated heterocycles. The van der Waals surface area contributed by atoms with E-state index in [1.807, 2.05) is 24.3 Å². The van der Waals surface area contributed by atoms with Crippen LogP contribution >= 0.6 is 0 Å². The summed E-state index contributed by atoms with van der Waals surface area (Å²) in [6.45, 7) is 0.336. The lowest BCUT2D eigenvalue weighted by atomic mass is 10.1. The van der Waals surface area contributed by atoms with Crippen molar-refractivity contribution < 1.29 is 26.7 Å². The molecule has 2 aromatic rings. The van der Waals surface area contributed by atoms with Gasteiger partial charge in [-0.3, -0.25) is 4.79 Å². The van der Waals surface area contributed by atoms with Gasteiger partial charge < -0.3 is 9.64 Å². The van der Waals surface area contributed by atoms with E-state index in [2.05, 4.69) is 0 Å². The van der Waals surface area contributed by atoms with E-state index < -0.39 is 26.6 Å². The molecule has 29 heavy (non-hydrogen) atoms. The Labute approximate surface area is 168 Å². The second-order valence-corrected chi connectivity index (χ2v) is 8.56. The third-order valence-corrected chi connectivity index (χ3v) is 6.85. The Bertz CT molecular complexity index is 952. The van der Waals surface area contributed by atoms with E-state index in [-0.39, 0.29) is 32.1 Å². The van der Waals surface area contributed by atoms with Crippen LogP contribution < -0.4 is 4.74 Å². The van der Waals surface area contributed by atoms with E-state index in [9.17, 15) is 22.0 Å². The minimum Gasteiger partial charge on any atom is -0.497 e. The summed E-state index contributed by atoms with van der Waals surface area (Å²) in [5.74, 6) is -1.59. The molecule has 9 heteroatoms. The fraction of sp³-hybridized carbons (Fsp3) is 0.350. The summed E-state index contributed by atoms with van der Waals surface area (Å²) in [5, 5.41) is 0. The standard InChI is InChI=1S/C20H22F2N2O4S/c1-28-16-8-5-15(6-9-16)7-10-19(25)23-11-13-24(14-12-23)29(26,27)20-17(21)3-2-4-18(20)22/h2-6,8-9H,7,10-14H2,1H3. The van der Waals surface area contributed by atoms with E-state index >= 15 is 0 Å². The molecule has 3 rings (SSSR count). The third-order valence-electron chi connectivity index (χ3n) is 4.89. The van der Waals surface area contributed by atoms with Crippen LogP contribution in [0.1, 0.15) is 12.0 Å². The van der Waals surface area contributed by atoms with Crippen LogP contribution in [-0.4, -0.2) is 56.8 Å². The molecule has 6 nitrogen and oxygen atoms in total. The summed E-state index contributed by atoms with van der Waals surface area (Å²) in [6.07, 6.45) is 0.850. The molecule has 0 unspecified atom stereocenters. The van der Waals surface area contributed by atoms with Gasteiger partial charge in [0.05, 0.1) is 7.11 Å². The Balaban J connectivity index is 1.57. The summed E-state index contributed by atoms with van der Waals surface area (Å²) in [4.78, 5) is 13.1. The maximum Gasteiger partial charge on any atom is 0.249 e. The molecule has 1 aliphatic heterocycles. The number of piperazine rings is 1. The van der Waals surface area contributed by atoms with Gasteiger partial charge in [-0.25, -0.2) is 17.2 Å². The molecule has 156 valence electrons. The number of benzene rings is 2. The molecule has 0 aromatic heterocycles. The number of amides is 1. The van der Waals surface area contributed by atoms with Gasteiger partial charge in [0.25, 0.3) is 0 Å². The largest absolute Gasteiger partial charge is 0.497 e. The first-order valence-electron chi connectivity index (χ1n) is 9.18. The monoisotopic (exact) mass is 424 g/mol. The highest BCUT2D eigenvalue weighted by atomic mass is 32.2. The lowest BCUT2D eigenvalue weighted by molar-refractivity contribution is -0.132. The minimum atomic E-state index is -4.30. The quantitative estimate of drug-likeness (QED) is 0.715. The molecule has 0 N–H and O–H groups in total. The Kier molecular flexibility index (Phi) is 6.49. The zero-order valence-electron chi connectivity index (χ0n) is 16.0. The maximum absolute atomic E-state index is 13.9. The smallest absolute Gasteiger partial charge is 0.249 e. The van der Waals surface area contributed by atoms with Gasteiger partial charge in [-0.05, 0) is 36.2 Å². The number of ether oxygens (including phenoxy) is 1. The van der Waals surface area contributed by atoms with Crippen LogP contribution in [-0.2, 0) is 21.2 Å². The van der Waals surface area contributed by atoms with Crippen molar-refractivity contribution in [3.8, 4) is 5.75 Å². The van der Waals surface area contributed by atoms with Gasteiger partial charge in [-0.2, -0.15) is 4.31 Å². The van der Waals surface area contributed by atoms with E-state index in [1.165, 1.54) is 0 Å². The van der Waals surface area contributed by atoms with Crippen LogP contribution in [0, 0.1) is 11.6 Å². The first-order valence-corrected chi connectivity index (χ1v) is 10.6. The number of rotatable bonds is 6. The van der Waals surface area contributed by atoms with Crippen molar-refractivity contribution in [2.75, 3.05) is 33.3 Å². The number of carbonyl (C=O) groups is 1. The van der Waals surface area contributed by atoms with Crippen LogP contribution in [0.4, 0.5) is 8.78 Å². The van der Waals surface area contributed by atoms with Crippen molar-refractivity contribution in [3.05, 3.63) is 59.7 Å². The first-order chi connectivity index (χ1) is 13.8. The third kappa shape index (κ3) is 4.73. The van der Waals surface area contributed by atoms with Crippen LogP contribution in [0.25, 0.3) is 0 Å². The highest BCUT2D eigenvalue weighted by Gasteiger charge is 2.33. The lowest BCUT2D eigenvalue weighted by Gasteiger charge is -2.34. The second-order valence-electron chi connectivity index (χ2n) is 6.68. The fourth-order valence-corrected chi connectivity index (χ4v) is 4.77. The van der Waals surface area contributed by atoms with Gasteiger partial charge in [-0.15, -0.1) is 0 Å². The predicted molar refractivity (Wildman–Crippen MR) is 103 cm³/mol. The molecular weight excluding hydrogens is 402 g/mol. The summed E-state index contributed by atoms with van der Waals surface area (Å²) in [7, 11) is -2.72. The molecule has 1 fully saturated rings. The van der Waals surface area contributed by atoms with Crippen molar-refractivity contribution >= 4 is 15.9 Å². The van der Waals surface area contributed by atoms with Gasteiger partial charge in [0.15, 0.2) is 4.90 Å². The van der Waals surface area contributed by atoms with Gasteiger partial charge >= 0.3 is 0 Å². The summed E-state index contributed by atoms with van der Waals surface area (Å²) in [6, 6.07) is 10.4. The van der Waals surface area contributed by atoms with Crippen molar-refractivity contribution in [2.24, 2.45) is 0 Å². The molecule has 0 radical (unpaired) electrons. The maximum atomic E-state index is 13.9. The molecule has 0 bridgehead atoms. The predicted octanol–water partition coefficient (Wildman–Crippen LogP) is 2.44. The topological polar surface area (TPSA) is 66.9 Å². The number of hydrogen-bond acceptors (Lipinski definition) is 4. The Hall–Kier alpha value is -2.52. The number of hydrogen-bond donors (Lipinski definition) is 0. The van der Waals surface area contributed by atoms with Crippen molar-refractivity contribution in [2.45, 2.75) is 17.7 Å². The average Bonchev–Trinajstić information content (AvgIpc) is 2.72. The molecule has 1 amide bonds. The summed E-state index contributed by atoms with van der Waals surface area (Å²) < 4.78 is 59.1. The van der Waals surface area contributed by atoms with Gasteiger partial charge in [-0.1, -0.05) is 18.2 Å². The van der Waals surface area contributed by atoms with Crippen molar-refractivity contribution in [1.29, 1.82) is 0 Å². The number of nitrogens with zero attached hydrogens (tertiary/aromatic N) is 2. The molecule has 2 aromatic carbocycles. The van der Waals surface area contributed by atoms with E-state index in [4.69, 9.17) is 4.74 Å². The minimum absolute atomic E-state index is 0.00954. The van der Waals surface area contributed by atoms with Crippen molar-refractivity contribution in [1.82, 2.24) is 9.21 Å². The second kappa shape index (κ2) is 8.87. The molecule has 1 heterocycles. The molecular formula is C20H22F2N2O4S. The van der Waals surface area contributed by atoms with Crippen LogP contribution in [0.5, 0.6) is 5.75 Å². The zero-order valence-corrected chi connectivity index (χ0v) is 16.8. The molecule has 0 atom stereocenters. The number of methoxy groups -OCH3 is 1. The molecule has 0 saturated carbocycles. The normalized spacial score (nSPS) is 15.3. The number of sulfonamides is 1. The zero-order chi connectivity index (χ0) is 21.0. The lowest BCUT2D eigenvalue weighted by Crippen LogP contribution is -2.50. The van der Waals surface area contributed by atoms with Crippen LogP contribution in [0.2, 0.25) is 0 Å². The van der Waals surface area contributed by atoms with Crippen molar-refractivity contribution in [3.63, 3.8) is 0 Å². The summed E-state index contributed by atoms with van der Waals surface area (Å²) in [5.41, 5.74) is 0.996. The van der Waals surface area contributed by atoms with Crippen LogP contribution in [0.15, 0.2) is 47.4 Å². The Morgan fingerprint density at radius 2 is 1.59 bits per heavy atom. The Morgan fingerprint density at radius 1 is 1.00 bits per heavy atom. The van der Waals surface area contributed by atoms with Gasteiger partial charge in [0, 0.05) is 32.6 Å². The van der Waals surface area contributed by atoms with E-state index in [0.29, 0.717) is 12.8 Å². The average molecular weight is 424 g/mol. The van der Waals surface area contributed by atoms with Gasteiger partial charge in [0.1, 0.15) is 17.4 Å². The van der Waals surface area contributed by atoms with E-state index in [0.717, 1.165) is 33.8 Å². The summed E-state index contributed by atoms with van der Waals surface area (Å²) >= 11 is 0. The molecule has 0 aliphatic carbocycles. The fourth-order valence-electron chi connectivity index (χ4n) is 3.24. The van der Waals surface area contributed by atoms with E-state index in [1.54, 1.807) is 12.0 Å². The van der Waals surface area contributed by atoms with Gasteiger partial charge in [0.2, 0.25) is 15.9 Å². The number of carbonyl (C=O) groups excluding carboxylic acids is 1. The molecule has 0 spiro atoms. The number of aryl methyl sites for hydroxylation is 1. The SMILES string of the molecule is COc1ccc(CCC(=O)N2CCN(S(=O)(=O)c3c(F)cccc3F)CC2)cc1. The Morgan fingerprint density at radius 3 is 2.14 bits per heavy atom. The molecule has 1 aliphatic rings.